The van der Waals surface area contributed by atoms with E-state index in [0.29, 0.717) is 0 Å². The fourth-order valence-electron chi connectivity index (χ4n) is 9.45. The van der Waals surface area contributed by atoms with Crippen LogP contribution in [0.4, 0.5) is 11.4 Å². The number of aliphatic imine (C=N–C) groups is 2. The third-order valence-electron chi connectivity index (χ3n) is 13.9. The molecule has 0 atom stereocenters. The first-order valence-corrected chi connectivity index (χ1v) is 30.0. The van der Waals surface area contributed by atoms with E-state index in [0.717, 1.165) is 87.7 Å². The molecule has 0 saturated carbocycles. The first-order chi connectivity index (χ1) is 33.8. The van der Waals surface area contributed by atoms with Crippen LogP contribution in [0.2, 0.25) is 0 Å². The number of para-hydroxylation sites is 2. The van der Waals surface area contributed by atoms with E-state index < -0.39 is 0 Å². The minimum atomic E-state index is 0. The van der Waals surface area contributed by atoms with Gasteiger partial charge in [-0.1, -0.05) is 269 Å². The molecule has 3 heteroatoms. The van der Waals surface area contributed by atoms with Gasteiger partial charge in [0.15, 0.2) is 0 Å². The van der Waals surface area contributed by atoms with E-state index in [1.54, 1.807) is 0 Å². The normalized spacial score (nSPS) is 11.4. The van der Waals surface area contributed by atoms with Crippen molar-refractivity contribution in [1.29, 1.82) is 0 Å². The van der Waals surface area contributed by atoms with Gasteiger partial charge in [0.25, 0.3) is 0 Å². The molecule has 0 aliphatic rings. The molecule has 0 aliphatic carbocycles. The topological polar surface area (TPSA) is 24.7 Å². The maximum atomic E-state index is 5.22. The van der Waals surface area contributed by atoms with Gasteiger partial charge in [-0.15, -0.1) is 23.7 Å². The molecule has 0 saturated heterocycles. The van der Waals surface area contributed by atoms with Gasteiger partial charge in [-0.25, -0.2) is 0 Å². The van der Waals surface area contributed by atoms with Crippen molar-refractivity contribution in [1.82, 2.24) is 0 Å². The number of hydrogen-bond donors (Lipinski definition) is 0. The first kappa shape index (κ1) is 64.6. The molecule has 2 rings (SSSR count). The van der Waals surface area contributed by atoms with Gasteiger partial charge in [0.1, 0.15) is 0 Å². The molecular weight excluding hydrogens is 927 g/mol. The van der Waals surface area contributed by atoms with Crippen LogP contribution in [0.1, 0.15) is 308 Å². The Morgan fingerprint density at radius 3 is 1.00 bits per heavy atom. The fraction of sp³-hybridized carbons (Fsp3) is 0.727. The van der Waals surface area contributed by atoms with Gasteiger partial charge in [0.05, 0.1) is 17.1 Å². The van der Waals surface area contributed by atoms with Crippen LogP contribution in [-0.4, -0.2) is 11.9 Å². The molecule has 2 aromatic rings. The van der Waals surface area contributed by atoms with Crippen LogP contribution in [-0.2, 0) is 33.3 Å². The van der Waals surface area contributed by atoms with Crippen molar-refractivity contribution in [3.63, 3.8) is 0 Å². The second-order valence-electron chi connectivity index (χ2n) is 20.5. The summed E-state index contributed by atoms with van der Waals surface area (Å²) in [4.78, 5) is 10.3. The van der Waals surface area contributed by atoms with Gasteiger partial charge in [0.2, 0.25) is 0 Å². The molecule has 0 spiro atoms. The Balaban J connectivity index is 0.0000238. The number of unbranched alkanes of at least 4 members (excludes halogenated alkanes) is 37. The van der Waals surface area contributed by atoms with Gasteiger partial charge in [-0.2, -0.15) is 0 Å². The monoisotopic (exact) mass is 1030 g/mol. The summed E-state index contributed by atoms with van der Waals surface area (Å²) in [5.41, 5.74) is 5.84. The number of benzene rings is 2. The quantitative estimate of drug-likeness (QED) is 0.0273. The maximum absolute atomic E-state index is 5.22. The summed E-state index contributed by atoms with van der Waals surface area (Å²) in [6, 6.07) is 17.3. The van der Waals surface area contributed by atoms with Crippen LogP contribution >= 0.6 is 0 Å². The summed E-state index contributed by atoms with van der Waals surface area (Å²) in [5.74, 6) is 13.9. The molecule has 392 valence electrons. The predicted octanol–water partition coefficient (Wildman–Crippen LogP) is 22.1. The van der Waals surface area contributed by atoms with E-state index in [4.69, 9.17) is 9.98 Å². The molecule has 0 fully saturated rings. The van der Waals surface area contributed by atoms with Gasteiger partial charge in [-0.05, 0) is 74.6 Å². The number of rotatable bonds is 46. The summed E-state index contributed by atoms with van der Waals surface area (Å²) < 4.78 is 0. The SMILES string of the molecule is CCCCCCCCCCCCCCCCCCCC#CCCCc1ccccc1N=CC(CCCC)=Nc1ccccc1CCCC#CCCCCCCCCCCCCCCCCCCC.[Pd]. The third kappa shape index (κ3) is 40.8. The van der Waals surface area contributed by atoms with E-state index in [9.17, 15) is 0 Å². The molecule has 0 N–H and O–H groups in total. The molecule has 0 bridgehead atoms. The van der Waals surface area contributed by atoms with Crippen LogP contribution < -0.4 is 0 Å². The molecule has 69 heavy (non-hydrogen) atoms. The van der Waals surface area contributed by atoms with Crippen LogP contribution in [0, 0.1) is 23.7 Å². The number of hydrogen-bond acceptors (Lipinski definition) is 2. The van der Waals surface area contributed by atoms with Crippen molar-refractivity contribution in [3.05, 3.63) is 59.7 Å². The third-order valence-corrected chi connectivity index (χ3v) is 13.9. The van der Waals surface area contributed by atoms with E-state index in [2.05, 4.69) is 93.0 Å². The average Bonchev–Trinajstić information content (AvgIpc) is 3.36. The smallest absolute Gasteiger partial charge is 0.0665 e. The maximum Gasteiger partial charge on any atom is 0.0665 e. The van der Waals surface area contributed by atoms with Gasteiger partial charge >= 0.3 is 0 Å². The molecule has 0 unspecified atom stereocenters. The first-order valence-electron chi connectivity index (χ1n) is 30.0. The summed E-state index contributed by atoms with van der Waals surface area (Å²) in [6.07, 6.45) is 61.6. The van der Waals surface area contributed by atoms with Crippen LogP contribution in [0.3, 0.4) is 0 Å². The molecule has 0 aromatic heterocycles. The van der Waals surface area contributed by atoms with Gasteiger partial charge in [0, 0.05) is 52.3 Å². The van der Waals surface area contributed by atoms with E-state index in [1.165, 1.54) is 229 Å². The summed E-state index contributed by atoms with van der Waals surface area (Å²) >= 11 is 0. The Kier molecular flexibility index (Phi) is 48.6. The second-order valence-corrected chi connectivity index (χ2v) is 20.5. The fourth-order valence-corrected chi connectivity index (χ4v) is 9.45. The van der Waals surface area contributed by atoms with Crippen molar-refractivity contribution in [2.24, 2.45) is 9.98 Å². The summed E-state index contributed by atoms with van der Waals surface area (Å²) in [5, 5.41) is 0. The Labute approximate surface area is 444 Å². The standard InChI is InChI=1S/C66H108N2.Pd/c1-4-7-10-12-14-16-18-20-22-24-26-28-30-32-34-36-38-40-42-44-46-48-54-62-56-50-52-59-65(62)67-61-64(58-9-6-3)68-66-60-53-51-57-63(66)55-49-47-45-43-41-39-37-35-33-31-29-27-25-23-21-19-17-15-13-11-8-5-2;/h50-53,56-57,59-61H,4-41,46-49,54-55,58H2,1-3H3;. The largest absolute Gasteiger partial charge is 0.255 e. The van der Waals surface area contributed by atoms with Crippen LogP contribution in [0.15, 0.2) is 58.5 Å². The van der Waals surface area contributed by atoms with Crippen molar-refractivity contribution in [3.8, 4) is 23.7 Å². The zero-order valence-electron chi connectivity index (χ0n) is 45.7. The Morgan fingerprint density at radius 1 is 0.348 bits per heavy atom. The zero-order chi connectivity index (χ0) is 48.3. The number of aryl methyl sites for hydroxylation is 2. The Morgan fingerprint density at radius 2 is 0.638 bits per heavy atom. The van der Waals surface area contributed by atoms with E-state index in [-0.39, 0.29) is 20.4 Å². The Bertz CT molecular complexity index is 1600. The minimum absolute atomic E-state index is 0. The van der Waals surface area contributed by atoms with Gasteiger partial charge < -0.3 is 0 Å². The van der Waals surface area contributed by atoms with Crippen molar-refractivity contribution in [2.75, 3.05) is 0 Å². The van der Waals surface area contributed by atoms with E-state index >= 15 is 0 Å². The van der Waals surface area contributed by atoms with Crippen molar-refractivity contribution < 1.29 is 20.4 Å². The molecular formula is C66H108N2Pd. The van der Waals surface area contributed by atoms with Crippen molar-refractivity contribution in [2.45, 2.75) is 310 Å². The Hall–Kier alpha value is -2.44. The molecule has 0 amide bonds. The van der Waals surface area contributed by atoms with Gasteiger partial charge in [-0.3, -0.25) is 9.98 Å². The van der Waals surface area contributed by atoms with E-state index in [1.807, 2.05) is 6.21 Å². The molecule has 2 nitrogen and oxygen atoms in total. The predicted molar refractivity (Wildman–Crippen MR) is 307 cm³/mol. The van der Waals surface area contributed by atoms with Crippen LogP contribution in [0.25, 0.3) is 0 Å². The summed E-state index contributed by atoms with van der Waals surface area (Å²) in [6.45, 7) is 6.86. The average molecular weight is 1040 g/mol. The zero-order valence-corrected chi connectivity index (χ0v) is 47.3. The van der Waals surface area contributed by atoms with Crippen molar-refractivity contribution >= 4 is 23.3 Å². The van der Waals surface area contributed by atoms with Crippen LogP contribution in [0.5, 0.6) is 0 Å². The molecule has 0 radical (unpaired) electrons. The summed E-state index contributed by atoms with van der Waals surface area (Å²) in [7, 11) is 0. The minimum Gasteiger partial charge on any atom is -0.255 e. The number of nitrogens with zero attached hydrogens (tertiary/aromatic N) is 2. The second kappa shape index (κ2) is 51.9. The molecule has 0 aliphatic heterocycles. The molecule has 2 aromatic carbocycles. The molecule has 0 heterocycles.